The summed E-state index contributed by atoms with van der Waals surface area (Å²) in [7, 11) is -5.60. The van der Waals surface area contributed by atoms with Crippen molar-refractivity contribution in [1.82, 2.24) is 10.6 Å². The van der Waals surface area contributed by atoms with Gasteiger partial charge in [0, 0.05) is 12.8 Å². The first kappa shape index (κ1) is 96.2. The standard InChI is InChI=1S/C80H151N2O20P/c1-6-11-16-21-26-31-32-37-42-47-52-57-71(89)97-65(55-50-45-40-35-29-24-19-14-9-4)60-72(90)100-78-74(82-69(87)59-64(54-49-44-39-34-28-23-18-13-8-3)96-70(88)56-51-46-41-36-30-25-20-15-10-5)80(99-67(62-84)77(78)102-103(93,94)95)101-76-66(61-83)98-79(92)73(75(76)91)81-68(86)58-63(85)53-48-43-38-33-27-22-17-12-7-2/h63-67,73-80,83-85,91-92H,6-62H2,1-5H3,(H,81,86)(H,82,87)(H2,93,94,95)/t63?,64?,65?,66-,67-,73-,74-,75-,76-,77-,78-,79+,80+/m1/s1. The zero-order chi connectivity index (χ0) is 75.6. The predicted octanol–water partition coefficient (Wildman–Crippen LogP) is 16.3. The van der Waals surface area contributed by atoms with Crippen LogP contribution < -0.4 is 10.6 Å². The Labute approximate surface area is 622 Å². The lowest BCUT2D eigenvalue weighted by Gasteiger charge is -2.48. The monoisotopic (exact) mass is 1490 g/mol. The number of carbonyl (C=O) groups is 5. The van der Waals surface area contributed by atoms with E-state index in [0.717, 1.165) is 154 Å². The number of carbonyl (C=O) groups excluding carboxylic acids is 5. The second-order valence-electron chi connectivity index (χ2n) is 30.0. The van der Waals surface area contributed by atoms with Gasteiger partial charge < -0.3 is 74.4 Å². The molecule has 0 saturated carbocycles. The van der Waals surface area contributed by atoms with Crippen LogP contribution in [0.1, 0.15) is 388 Å². The van der Waals surface area contributed by atoms with Crippen LogP contribution in [-0.2, 0) is 61.5 Å². The Bertz CT molecular complexity index is 2140. The Hall–Kier alpha value is -2.86. The molecular weight excluding hydrogens is 1340 g/mol. The molecule has 13 atom stereocenters. The van der Waals surface area contributed by atoms with E-state index in [4.69, 9.17) is 32.9 Å². The van der Waals surface area contributed by atoms with Crippen LogP contribution >= 0.6 is 7.82 Å². The molecule has 2 fully saturated rings. The molecule has 9 N–H and O–H groups in total. The number of hydrogen-bond donors (Lipinski definition) is 9. The SMILES string of the molecule is CCCCCCCCCCCCCC(=O)OC(CCCCCCCCCCC)CC(=O)O[C@@H]1[C@@H](NC(=O)CC(CCCCCCCCCCC)OC(=O)CCCCCCCCCCC)[C@H](O[C@H]2[C@H](O)[C@@H](NC(=O)CC(O)CCCCCCCCCCC)[C@@H](O)O[C@@H]2CO)O[C@H](CO)[C@H]1OP(=O)(O)O. The van der Waals surface area contributed by atoms with Gasteiger partial charge in [0.05, 0.1) is 38.6 Å². The molecule has 2 rings (SSSR count). The molecule has 0 aromatic heterocycles. The van der Waals surface area contributed by atoms with Crippen molar-refractivity contribution in [2.45, 2.75) is 467 Å². The van der Waals surface area contributed by atoms with Gasteiger partial charge in [-0.2, -0.15) is 0 Å². The van der Waals surface area contributed by atoms with Gasteiger partial charge in [-0.05, 0) is 44.9 Å². The van der Waals surface area contributed by atoms with Gasteiger partial charge in [0.1, 0.15) is 54.8 Å². The number of unbranched alkanes of at least 4 members (excludes halogenated alkanes) is 42. The predicted molar refractivity (Wildman–Crippen MR) is 403 cm³/mol. The van der Waals surface area contributed by atoms with E-state index in [2.05, 4.69) is 45.3 Å². The largest absolute Gasteiger partial charge is 0.470 e. The van der Waals surface area contributed by atoms with Crippen LogP contribution in [0.25, 0.3) is 0 Å². The molecule has 0 radical (unpaired) electrons. The fourth-order valence-electron chi connectivity index (χ4n) is 14.2. The van der Waals surface area contributed by atoms with Gasteiger partial charge in [-0.25, -0.2) is 4.57 Å². The number of aliphatic hydroxyl groups is 5. The summed E-state index contributed by atoms with van der Waals surface area (Å²) < 4.78 is 55.3. The lowest BCUT2D eigenvalue weighted by molar-refractivity contribution is -0.327. The van der Waals surface area contributed by atoms with E-state index in [1.165, 1.54) is 116 Å². The van der Waals surface area contributed by atoms with Gasteiger partial charge in [0.25, 0.3) is 0 Å². The summed E-state index contributed by atoms with van der Waals surface area (Å²) in [6.45, 7) is 8.95. The van der Waals surface area contributed by atoms with Crippen molar-refractivity contribution in [3.05, 3.63) is 0 Å². The molecule has 606 valence electrons. The highest BCUT2D eigenvalue weighted by molar-refractivity contribution is 7.46. The number of hydrogen-bond acceptors (Lipinski definition) is 18. The number of phosphoric acid groups is 1. The van der Waals surface area contributed by atoms with Crippen molar-refractivity contribution in [3.63, 3.8) is 0 Å². The highest BCUT2D eigenvalue weighted by Crippen LogP contribution is 2.43. The summed E-state index contributed by atoms with van der Waals surface area (Å²) in [6, 6.07) is -3.51. The summed E-state index contributed by atoms with van der Waals surface area (Å²) in [5.41, 5.74) is 0. The third-order valence-electron chi connectivity index (χ3n) is 20.4. The number of esters is 3. The number of phosphoric ester groups is 1. The molecule has 103 heavy (non-hydrogen) atoms. The molecule has 0 aliphatic carbocycles. The van der Waals surface area contributed by atoms with Crippen molar-refractivity contribution in [2.24, 2.45) is 0 Å². The molecule has 2 saturated heterocycles. The van der Waals surface area contributed by atoms with Crippen molar-refractivity contribution >= 4 is 37.5 Å². The Kier molecular flexibility index (Phi) is 58.8. The lowest BCUT2D eigenvalue weighted by atomic mass is 9.94. The molecule has 2 aliphatic heterocycles. The summed E-state index contributed by atoms with van der Waals surface area (Å²) in [5.74, 6) is -3.60. The van der Waals surface area contributed by atoms with E-state index in [1.54, 1.807) is 0 Å². The van der Waals surface area contributed by atoms with Gasteiger partial charge >= 0.3 is 25.7 Å². The van der Waals surface area contributed by atoms with Gasteiger partial charge in [0.2, 0.25) is 11.8 Å². The molecular formula is C80H151N2O20P. The summed E-state index contributed by atoms with van der Waals surface area (Å²) in [4.78, 5) is 91.8. The molecule has 0 aromatic rings. The molecule has 0 spiro atoms. The Morgan fingerprint density at radius 2 is 0.728 bits per heavy atom. The van der Waals surface area contributed by atoms with Gasteiger partial charge in [0.15, 0.2) is 18.7 Å². The van der Waals surface area contributed by atoms with Crippen molar-refractivity contribution in [1.29, 1.82) is 0 Å². The van der Waals surface area contributed by atoms with Gasteiger partial charge in [-0.15, -0.1) is 0 Å². The lowest BCUT2D eigenvalue weighted by Crippen LogP contribution is -2.70. The molecule has 2 heterocycles. The van der Waals surface area contributed by atoms with Crippen LogP contribution in [0.15, 0.2) is 0 Å². The van der Waals surface area contributed by atoms with Crippen LogP contribution in [0.3, 0.4) is 0 Å². The van der Waals surface area contributed by atoms with E-state index in [1.807, 2.05) is 0 Å². The molecule has 3 unspecified atom stereocenters. The number of aliphatic hydroxyl groups excluding tert-OH is 5. The fourth-order valence-corrected chi connectivity index (χ4v) is 14.7. The highest BCUT2D eigenvalue weighted by Gasteiger charge is 2.55. The smallest absolute Gasteiger partial charge is 0.462 e. The molecule has 23 heteroatoms. The van der Waals surface area contributed by atoms with Crippen LogP contribution in [0.5, 0.6) is 0 Å². The molecule has 22 nitrogen and oxygen atoms in total. The summed E-state index contributed by atoms with van der Waals surface area (Å²) >= 11 is 0. The zero-order valence-electron chi connectivity index (χ0n) is 65.2. The zero-order valence-corrected chi connectivity index (χ0v) is 66.1. The van der Waals surface area contributed by atoms with Gasteiger partial charge in [-0.1, -0.05) is 311 Å². The van der Waals surface area contributed by atoms with Crippen LogP contribution in [0, 0.1) is 0 Å². The maximum Gasteiger partial charge on any atom is 0.470 e. The number of amides is 2. The third kappa shape index (κ3) is 48.3. The fraction of sp³-hybridized carbons (Fsp3) is 0.938. The number of ether oxygens (including phenoxy) is 6. The van der Waals surface area contributed by atoms with E-state index in [0.29, 0.717) is 44.9 Å². The van der Waals surface area contributed by atoms with Gasteiger partial charge in [-0.3, -0.25) is 28.5 Å². The minimum absolute atomic E-state index is 0.118. The Morgan fingerprint density at radius 1 is 0.398 bits per heavy atom. The van der Waals surface area contributed by atoms with Crippen molar-refractivity contribution in [3.8, 4) is 0 Å². The average molecular weight is 1490 g/mol. The topological polar surface area (TPSA) is 333 Å². The van der Waals surface area contributed by atoms with E-state index in [9.17, 15) is 63.9 Å². The Morgan fingerprint density at radius 3 is 1.11 bits per heavy atom. The summed E-state index contributed by atoms with van der Waals surface area (Å²) in [5, 5.41) is 61.5. The second kappa shape index (κ2) is 63.0. The second-order valence-corrected chi connectivity index (χ2v) is 31.2. The maximum absolute atomic E-state index is 15.0. The molecule has 0 bridgehead atoms. The number of nitrogens with one attached hydrogen (secondary N) is 2. The molecule has 2 aliphatic rings. The number of rotatable bonds is 69. The molecule has 0 aromatic carbocycles. The van der Waals surface area contributed by atoms with Crippen LogP contribution in [0.2, 0.25) is 0 Å². The minimum Gasteiger partial charge on any atom is -0.462 e. The van der Waals surface area contributed by atoms with Crippen LogP contribution in [0.4, 0.5) is 0 Å². The maximum atomic E-state index is 15.0. The highest BCUT2D eigenvalue weighted by atomic mass is 31.2. The Balaban J connectivity index is 2.63. The molecule has 2 amide bonds. The van der Waals surface area contributed by atoms with Crippen molar-refractivity contribution < 1.29 is 96.8 Å². The third-order valence-corrected chi connectivity index (χ3v) is 20.9. The van der Waals surface area contributed by atoms with Crippen LogP contribution in [-0.4, -0.2) is 158 Å². The van der Waals surface area contributed by atoms with Crippen molar-refractivity contribution in [2.75, 3.05) is 13.2 Å². The van der Waals surface area contributed by atoms with E-state index < -0.39 is 143 Å². The first-order chi connectivity index (χ1) is 49.8. The van der Waals surface area contributed by atoms with E-state index in [-0.39, 0.29) is 25.7 Å². The summed E-state index contributed by atoms with van der Waals surface area (Å²) in [6.07, 6.45) is 30.7. The normalized spacial score (nSPS) is 21.6. The first-order valence-electron chi connectivity index (χ1n) is 42.0. The minimum atomic E-state index is -5.60. The van der Waals surface area contributed by atoms with E-state index >= 15 is 0 Å². The average Bonchev–Trinajstić information content (AvgIpc) is 0.771. The quantitative estimate of drug-likeness (QED) is 0.0118. The first-order valence-corrected chi connectivity index (χ1v) is 43.5.